The van der Waals surface area contributed by atoms with Crippen molar-refractivity contribution in [3.8, 4) is 11.5 Å². The summed E-state index contributed by atoms with van der Waals surface area (Å²) >= 11 is 0. The Morgan fingerprint density at radius 2 is 1.68 bits per heavy atom. The van der Waals surface area contributed by atoms with Crippen molar-refractivity contribution in [1.29, 1.82) is 0 Å². The topological polar surface area (TPSA) is 68.5 Å². The number of esters is 1. The number of nitrogens with zero attached hydrogens (tertiary/aromatic N) is 3. The Labute approximate surface area is 183 Å². The minimum absolute atomic E-state index is 0. The Morgan fingerprint density at radius 3 is 2.26 bits per heavy atom. The predicted molar refractivity (Wildman–Crippen MR) is 109 cm³/mol. The number of carbonyl (C=O) groups excluding carboxylic acids is 1. The van der Waals surface area contributed by atoms with Gasteiger partial charge in [-0.2, -0.15) is 13.2 Å². The summed E-state index contributed by atoms with van der Waals surface area (Å²) in [5.74, 6) is 0.138. The van der Waals surface area contributed by atoms with E-state index in [1.165, 1.54) is 19.2 Å². The fraction of sp³-hybridized carbons (Fsp3) is 0.286. The van der Waals surface area contributed by atoms with Crippen LogP contribution in [-0.4, -0.2) is 34.7 Å². The molecule has 1 aromatic heterocycles. The third-order valence-corrected chi connectivity index (χ3v) is 4.39. The molecule has 0 fully saturated rings. The molecular weight excluding hydrogens is 435 g/mol. The molecule has 0 N–H and O–H groups in total. The number of ether oxygens (including phenoxy) is 1. The van der Waals surface area contributed by atoms with Crippen LogP contribution in [0.1, 0.15) is 22.6 Å². The minimum atomic E-state index is -4.40. The van der Waals surface area contributed by atoms with Gasteiger partial charge in [-0.25, -0.2) is 0 Å². The number of aryl methyl sites for hydroxylation is 1. The van der Waals surface area contributed by atoms with Crippen molar-refractivity contribution in [1.82, 2.24) is 15.1 Å². The van der Waals surface area contributed by atoms with Crippen molar-refractivity contribution in [3.05, 3.63) is 71.1 Å². The standard InChI is InChI=1S/C21H20F3N3O3.ClH/c1-14-3-7-16(8-4-14)20-26-25-18(30-20)12-27(13-19(28)29-2)11-15-5-9-17(10-6-15)21(22,23)24;/h3-10H,11-13H2,1-2H3;1H. The molecule has 0 radical (unpaired) electrons. The lowest BCUT2D eigenvalue weighted by molar-refractivity contribution is -0.142. The molecule has 166 valence electrons. The van der Waals surface area contributed by atoms with E-state index in [-0.39, 0.29) is 37.9 Å². The van der Waals surface area contributed by atoms with Crippen LogP contribution >= 0.6 is 12.4 Å². The maximum absolute atomic E-state index is 12.8. The van der Waals surface area contributed by atoms with E-state index in [2.05, 4.69) is 10.2 Å². The molecule has 10 heteroatoms. The predicted octanol–water partition coefficient (Wildman–Crippen LogP) is 4.66. The zero-order chi connectivity index (χ0) is 21.7. The number of carbonyl (C=O) groups is 1. The van der Waals surface area contributed by atoms with Crippen molar-refractivity contribution in [2.24, 2.45) is 0 Å². The van der Waals surface area contributed by atoms with E-state index >= 15 is 0 Å². The van der Waals surface area contributed by atoms with Crippen LogP contribution in [0.5, 0.6) is 0 Å². The Bertz CT molecular complexity index is 990. The smallest absolute Gasteiger partial charge is 0.416 e. The zero-order valence-corrected chi connectivity index (χ0v) is 17.7. The highest BCUT2D eigenvalue weighted by molar-refractivity contribution is 5.85. The Hall–Kier alpha value is -2.91. The zero-order valence-electron chi connectivity index (χ0n) is 16.8. The molecule has 0 aliphatic carbocycles. The van der Waals surface area contributed by atoms with Gasteiger partial charge in [0.15, 0.2) is 0 Å². The Morgan fingerprint density at radius 1 is 1.03 bits per heavy atom. The van der Waals surface area contributed by atoms with E-state index in [9.17, 15) is 18.0 Å². The SMILES string of the molecule is COC(=O)CN(Cc1ccc(C(F)(F)F)cc1)Cc1nnc(-c2ccc(C)cc2)o1.Cl. The third kappa shape index (κ3) is 6.80. The highest BCUT2D eigenvalue weighted by atomic mass is 35.5. The molecule has 0 saturated carbocycles. The molecule has 0 aliphatic heterocycles. The second kappa shape index (κ2) is 10.4. The summed E-state index contributed by atoms with van der Waals surface area (Å²) in [7, 11) is 1.26. The summed E-state index contributed by atoms with van der Waals surface area (Å²) in [5.41, 5.74) is 1.73. The normalized spacial score (nSPS) is 11.3. The van der Waals surface area contributed by atoms with E-state index < -0.39 is 17.7 Å². The van der Waals surface area contributed by atoms with Crippen molar-refractivity contribution < 1.29 is 27.1 Å². The molecule has 0 amide bonds. The van der Waals surface area contributed by atoms with Crippen LogP contribution in [0.4, 0.5) is 13.2 Å². The van der Waals surface area contributed by atoms with Crippen LogP contribution < -0.4 is 0 Å². The number of rotatable bonds is 7. The van der Waals surface area contributed by atoms with E-state index in [1.54, 1.807) is 4.90 Å². The number of alkyl halides is 3. The lowest BCUT2D eigenvalue weighted by atomic mass is 10.1. The molecule has 2 aromatic carbocycles. The lowest BCUT2D eigenvalue weighted by Gasteiger charge is -2.19. The van der Waals surface area contributed by atoms with Gasteiger partial charge in [-0.15, -0.1) is 22.6 Å². The number of aromatic nitrogens is 2. The van der Waals surface area contributed by atoms with Gasteiger partial charge in [0.25, 0.3) is 0 Å². The molecule has 0 bridgehead atoms. The molecule has 0 saturated heterocycles. The fourth-order valence-corrected chi connectivity index (χ4v) is 2.79. The first-order chi connectivity index (χ1) is 14.2. The van der Waals surface area contributed by atoms with E-state index in [0.29, 0.717) is 11.5 Å². The van der Waals surface area contributed by atoms with E-state index in [0.717, 1.165) is 23.3 Å². The van der Waals surface area contributed by atoms with Gasteiger partial charge >= 0.3 is 12.1 Å². The van der Waals surface area contributed by atoms with Crippen molar-refractivity contribution >= 4 is 18.4 Å². The Kier molecular flexibility index (Phi) is 8.18. The number of hydrogen-bond acceptors (Lipinski definition) is 6. The first-order valence-corrected chi connectivity index (χ1v) is 9.09. The summed E-state index contributed by atoms with van der Waals surface area (Å²) in [5, 5.41) is 8.05. The largest absolute Gasteiger partial charge is 0.468 e. The molecule has 0 unspecified atom stereocenters. The summed E-state index contributed by atoms with van der Waals surface area (Å²) in [4.78, 5) is 13.4. The average molecular weight is 456 g/mol. The van der Waals surface area contributed by atoms with Crippen molar-refractivity contribution in [2.45, 2.75) is 26.2 Å². The first kappa shape index (κ1) is 24.4. The van der Waals surface area contributed by atoms with E-state index in [1.807, 2.05) is 31.2 Å². The average Bonchev–Trinajstić information content (AvgIpc) is 3.16. The first-order valence-electron chi connectivity index (χ1n) is 9.09. The lowest BCUT2D eigenvalue weighted by Crippen LogP contribution is -2.30. The van der Waals surface area contributed by atoms with Crippen molar-refractivity contribution in [3.63, 3.8) is 0 Å². The summed E-state index contributed by atoms with van der Waals surface area (Å²) < 4.78 is 48.7. The molecule has 1 heterocycles. The molecule has 3 aromatic rings. The highest BCUT2D eigenvalue weighted by Gasteiger charge is 2.30. The number of hydrogen-bond donors (Lipinski definition) is 0. The van der Waals surface area contributed by atoms with Crippen LogP contribution in [-0.2, 0) is 28.8 Å². The van der Waals surface area contributed by atoms with Gasteiger partial charge in [0.2, 0.25) is 11.8 Å². The molecule has 6 nitrogen and oxygen atoms in total. The number of benzene rings is 2. The van der Waals surface area contributed by atoms with Crippen LogP contribution in [0, 0.1) is 6.92 Å². The quantitative estimate of drug-likeness (QED) is 0.483. The Balaban J connectivity index is 0.00000341. The third-order valence-electron chi connectivity index (χ3n) is 4.39. The summed E-state index contributed by atoms with van der Waals surface area (Å²) in [6.07, 6.45) is -4.40. The fourth-order valence-electron chi connectivity index (χ4n) is 2.79. The number of methoxy groups -OCH3 is 1. The van der Waals surface area contributed by atoms with Crippen LogP contribution in [0.15, 0.2) is 52.9 Å². The molecule has 0 atom stereocenters. The number of halogens is 4. The van der Waals surface area contributed by atoms with Crippen LogP contribution in [0.3, 0.4) is 0 Å². The van der Waals surface area contributed by atoms with Gasteiger partial charge in [-0.1, -0.05) is 29.8 Å². The molecule has 31 heavy (non-hydrogen) atoms. The second-order valence-corrected chi connectivity index (χ2v) is 6.78. The van der Waals surface area contributed by atoms with Crippen LogP contribution in [0.2, 0.25) is 0 Å². The van der Waals surface area contributed by atoms with Gasteiger partial charge in [0.05, 0.1) is 25.8 Å². The van der Waals surface area contributed by atoms with Gasteiger partial charge < -0.3 is 9.15 Å². The monoisotopic (exact) mass is 455 g/mol. The van der Waals surface area contributed by atoms with Crippen molar-refractivity contribution in [2.75, 3.05) is 13.7 Å². The summed E-state index contributed by atoms with van der Waals surface area (Å²) in [6, 6.07) is 12.3. The van der Waals surface area contributed by atoms with Gasteiger partial charge in [-0.05, 0) is 36.8 Å². The molecule has 3 rings (SSSR count). The highest BCUT2D eigenvalue weighted by Crippen LogP contribution is 2.29. The summed E-state index contributed by atoms with van der Waals surface area (Å²) in [6.45, 7) is 2.22. The molecule has 0 spiro atoms. The van der Waals surface area contributed by atoms with Gasteiger partial charge in [0, 0.05) is 12.1 Å². The maximum atomic E-state index is 12.8. The van der Waals surface area contributed by atoms with Gasteiger partial charge in [0.1, 0.15) is 0 Å². The maximum Gasteiger partial charge on any atom is 0.416 e. The van der Waals surface area contributed by atoms with Crippen LogP contribution in [0.25, 0.3) is 11.5 Å². The molecule has 0 aliphatic rings. The molecular formula is C21H21ClF3N3O3. The minimum Gasteiger partial charge on any atom is -0.468 e. The van der Waals surface area contributed by atoms with E-state index in [4.69, 9.17) is 9.15 Å². The second-order valence-electron chi connectivity index (χ2n) is 6.78. The van der Waals surface area contributed by atoms with Gasteiger partial charge in [-0.3, -0.25) is 9.69 Å².